The molecule has 0 spiro atoms. The van der Waals surface area contributed by atoms with Gasteiger partial charge in [-0.1, -0.05) is 31.0 Å². The van der Waals surface area contributed by atoms with Crippen LogP contribution in [0.3, 0.4) is 0 Å². The third-order valence-corrected chi connectivity index (χ3v) is 2.91. The van der Waals surface area contributed by atoms with Gasteiger partial charge in [0.05, 0.1) is 12.8 Å². The van der Waals surface area contributed by atoms with Gasteiger partial charge in [0.1, 0.15) is 0 Å². The van der Waals surface area contributed by atoms with Gasteiger partial charge in [0.2, 0.25) is 5.91 Å². The third-order valence-electron chi connectivity index (χ3n) is 2.91. The summed E-state index contributed by atoms with van der Waals surface area (Å²) in [5.41, 5.74) is 2.53. The molecule has 5 nitrogen and oxygen atoms in total. The second-order valence-corrected chi connectivity index (χ2v) is 4.49. The lowest BCUT2D eigenvalue weighted by atomic mass is 10.1. The van der Waals surface area contributed by atoms with Crippen molar-refractivity contribution in [2.24, 2.45) is 4.99 Å². The van der Waals surface area contributed by atoms with Gasteiger partial charge >= 0.3 is 0 Å². The van der Waals surface area contributed by atoms with E-state index in [1.165, 1.54) is 0 Å². The molecule has 0 unspecified atom stereocenters. The molecule has 0 atom stereocenters. The largest absolute Gasteiger partial charge is 0.484 e. The van der Waals surface area contributed by atoms with E-state index in [2.05, 4.69) is 4.99 Å². The van der Waals surface area contributed by atoms with Crippen LogP contribution in [0.4, 0.5) is 5.69 Å². The van der Waals surface area contributed by atoms with Crippen molar-refractivity contribution in [1.82, 2.24) is 5.48 Å². The first-order valence-corrected chi connectivity index (χ1v) is 6.86. The van der Waals surface area contributed by atoms with Gasteiger partial charge < -0.3 is 4.74 Å². The van der Waals surface area contributed by atoms with Crippen molar-refractivity contribution in [3.8, 4) is 0 Å². The van der Waals surface area contributed by atoms with Gasteiger partial charge in [0.25, 0.3) is 0 Å². The van der Waals surface area contributed by atoms with Crippen LogP contribution in [0.15, 0.2) is 35.3 Å². The van der Waals surface area contributed by atoms with E-state index in [1.807, 2.05) is 30.3 Å². The third kappa shape index (κ3) is 6.89. The Hall–Kier alpha value is -1.88. The van der Waals surface area contributed by atoms with E-state index in [9.17, 15) is 4.79 Å². The number of aliphatic imine (C=N–C) groups is 1. The van der Waals surface area contributed by atoms with Gasteiger partial charge in [-0.05, 0) is 25.0 Å². The van der Waals surface area contributed by atoms with Gasteiger partial charge in [-0.15, -0.1) is 0 Å². The molecule has 0 heterocycles. The molecule has 1 rings (SSSR count). The molecule has 0 saturated heterocycles. The van der Waals surface area contributed by atoms with Gasteiger partial charge in [-0.25, -0.2) is 10.5 Å². The molecule has 0 radical (unpaired) electrons. The van der Waals surface area contributed by atoms with Crippen molar-refractivity contribution in [3.05, 3.63) is 30.3 Å². The Morgan fingerprint density at radius 2 is 1.80 bits per heavy atom. The quantitative estimate of drug-likeness (QED) is 0.252. The SMILES string of the molecule is CO/C(CCCCCCC(=O)NO)=N\c1ccccc1. The van der Waals surface area contributed by atoms with E-state index < -0.39 is 0 Å². The predicted octanol–water partition coefficient (Wildman–Crippen LogP) is 3.21. The maximum absolute atomic E-state index is 10.8. The first kappa shape index (κ1) is 16.2. The minimum Gasteiger partial charge on any atom is -0.484 e. The van der Waals surface area contributed by atoms with Crippen LogP contribution in [-0.4, -0.2) is 24.1 Å². The number of unbranched alkanes of at least 4 members (excludes halogenated alkanes) is 3. The molecule has 0 aliphatic rings. The monoisotopic (exact) mass is 278 g/mol. The average Bonchev–Trinajstić information content (AvgIpc) is 2.50. The Morgan fingerprint density at radius 3 is 2.40 bits per heavy atom. The molecule has 0 saturated carbocycles. The Kier molecular flexibility index (Phi) is 8.07. The molecule has 110 valence electrons. The predicted molar refractivity (Wildman–Crippen MR) is 78.2 cm³/mol. The summed E-state index contributed by atoms with van der Waals surface area (Å²) in [7, 11) is 1.63. The highest BCUT2D eigenvalue weighted by atomic mass is 16.5. The molecule has 1 aromatic rings. The number of hydrogen-bond donors (Lipinski definition) is 2. The average molecular weight is 278 g/mol. The van der Waals surface area contributed by atoms with Gasteiger partial charge in [0, 0.05) is 12.8 Å². The lowest BCUT2D eigenvalue weighted by molar-refractivity contribution is -0.129. The second-order valence-electron chi connectivity index (χ2n) is 4.49. The van der Waals surface area contributed by atoms with Crippen LogP contribution in [0.1, 0.15) is 38.5 Å². The Labute approximate surface area is 119 Å². The smallest absolute Gasteiger partial charge is 0.243 e. The fourth-order valence-corrected chi connectivity index (χ4v) is 1.82. The Balaban J connectivity index is 2.22. The number of carbonyl (C=O) groups excluding carboxylic acids is 1. The molecule has 2 N–H and O–H groups in total. The molecule has 1 aromatic carbocycles. The van der Waals surface area contributed by atoms with Crippen molar-refractivity contribution in [2.75, 3.05) is 7.11 Å². The molecule has 0 aliphatic heterocycles. The van der Waals surface area contributed by atoms with Crippen LogP contribution in [0.25, 0.3) is 0 Å². The lowest BCUT2D eigenvalue weighted by Crippen LogP contribution is -2.17. The minimum atomic E-state index is -0.326. The Morgan fingerprint density at radius 1 is 1.15 bits per heavy atom. The first-order chi connectivity index (χ1) is 9.76. The van der Waals surface area contributed by atoms with Crippen molar-refractivity contribution >= 4 is 17.5 Å². The van der Waals surface area contributed by atoms with Crippen LogP contribution in [0.2, 0.25) is 0 Å². The number of benzene rings is 1. The fourth-order valence-electron chi connectivity index (χ4n) is 1.82. The zero-order chi connectivity index (χ0) is 14.6. The number of nitrogens with one attached hydrogen (secondary N) is 1. The summed E-state index contributed by atoms with van der Waals surface area (Å²) >= 11 is 0. The standard InChI is InChI=1S/C15H22N2O3/c1-20-15(16-13-9-5-4-6-10-13)12-8-3-2-7-11-14(18)17-19/h4-6,9-10,19H,2-3,7-8,11-12H2,1H3,(H,17,18)/b16-15-. The molecule has 0 bridgehead atoms. The van der Waals surface area contributed by atoms with Crippen molar-refractivity contribution in [2.45, 2.75) is 38.5 Å². The number of nitrogens with zero attached hydrogens (tertiary/aromatic N) is 1. The number of hydrogen-bond acceptors (Lipinski definition) is 4. The van der Waals surface area contributed by atoms with Crippen LogP contribution in [-0.2, 0) is 9.53 Å². The molecule has 0 aromatic heterocycles. The Bertz CT molecular complexity index is 418. The van der Waals surface area contributed by atoms with E-state index in [-0.39, 0.29) is 5.91 Å². The molecule has 0 fully saturated rings. The number of rotatable bonds is 8. The summed E-state index contributed by atoms with van der Waals surface area (Å²) in [4.78, 5) is 15.2. The zero-order valence-electron chi connectivity index (χ0n) is 11.8. The topological polar surface area (TPSA) is 70.9 Å². The van der Waals surface area contributed by atoms with E-state index in [4.69, 9.17) is 9.94 Å². The number of ether oxygens (including phenoxy) is 1. The highest BCUT2D eigenvalue weighted by molar-refractivity contribution is 5.79. The number of amides is 1. The van der Waals surface area contributed by atoms with Gasteiger partial charge in [-0.3, -0.25) is 10.0 Å². The molecular weight excluding hydrogens is 256 g/mol. The van der Waals surface area contributed by atoms with Gasteiger partial charge in [-0.2, -0.15) is 0 Å². The van der Waals surface area contributed by atoms with Crippen molar-refractivity contribution in [3.63, 3.8) is 0 Å². The van der Waals surface area contributed by atoms with E-state index in [0.717, 1.165) is 43.7 Å². The summed E-state index contributed by atoms with van der Waals surface area (Å²) in [6, 6.07) is 9.71. The molecule has 20 heavy (non-hydrogen) atoms. The molecule has 0 aliphatic carbocycles. The normalized spacial score (nSPS) is 11.2. The minimum absolute atomic E-state index is 0.326. The van der Waals surface area contributed by atoms with Gasteiger partial charge in [0.15, 0.2) is 5.90 Å². The zero-order valence-corrected chi connectivity index (χ0v) is 11.8. The van der Waals surface area contributed by atoms with Crippen LogP contribution in [0, 0.1) is 0 Å². The van der Waals surface area contributed by atoms with E-state index in [0.29, 0.717) is 6.42 Å². The highest BCUT2D eigenvalue weighted by Gasteiger charge is 2.01. The summed E-state index contributed by atoms with van der Waals surface area (Å²) in [5.74, 6) is 0.400. The maximum Gasteiger partial charge on any atom is 0.243 e. The molecule has 5 heteroatoms. The van der Waals surface area contributed by atoms with Crippen LogP contribution < -0.4 is 5.48 Å². The summed E-state index contributed by atoms with van der Waals surface area (Å²) < 4.78 is 5.27. The van der Waals surface area contributed by atoms with Crippen LogP contribution in [0.5, 0.6) is 0 Å². The number of methoxy groups -OCH3 is 1. The number of carbonyl (C=O) groups is 1. The van der Waals surface area contributed by atoms with Crippen molar-refractivity contribution < 1.29 is 14.7 Å². The van der Waals surface area contributed by atoms with Crippen LogP contribution >= 0.6 is 0 Å². The summed E-state index contributed by atoms with van der Waals surface area (Å²) in [6.45, 7) is 0. The lowest BCUT2D eigenvalue weighted by Gasteiger charge is -2.05. The highest BCUT2D eigenvalue weighted by Crippen LogP contribution is 2.13. The van der Waals surface area contributed by atoms with Crippen molar-refractivity contribution in [1.29, 1.82) is 0 Å². The fraction of sp³-hybridized carbons (Fsp3) is 0.467. The second kappa shape index (κ2) is 9.97. The van der Waals surface area contributed by atoms with E-state index >= 15 is 0 Å². The maximum atomic E-state index is 10.8. The van der Waals surface area contributed by atoms with E-state index in [1.54, 1.807) is 12.6 Å². The summed E-state index contributed by atoms with van der Waals surface area (Å²) in [5, 5.41) is 8.35. The summed E-state index contributed by atoms with van der Waals surface area (Å²) in [6.07, 6.45) is 4.87. The molecular formula is C15H22N2O3. The number of para-hydroxylation sites is 1. The first-order valence-electron chi connectivity index (χ1n) is 6.86. The number of hydroxylamine groups is 1. The molecule has 1 amide bonds.